The van der Waals surface area contributed by atoms with E-state index in [0.717, 1.165) is 17.6 Å². The van der Waals surface area contributed by atoms with Crippen LogP contribution in [0.15, 0.2) is 29.6 Å². The highest BCUT2D eigenvalue weighted by atomic mass is 32.1. The second-order valence-electron chi connectivity index (χ2n) is 6.22. The third-order valence-electron chi connectivity index (χ3n) is 4.43. The summed E-state index contributed by atoms with van der Waals surface area (Å²) in [7, 11) is 2.25. The minimum Gasteiger partial charge on any atom is -0.298 e. The summed E-state index contributed by atoms with van der Waals surface area (Å²) in [5, 5.41) is 3.36. The van der Waals surface area contributed by atoms with Gasteiger partial charge in [0.1, 0.15) is 5.01 Å². The van der Waals surface area contributed by atoms with Crippen molar-refractivity contribution in [3.8, 4) is 10.6 Å². The summed E-state index contributed by atoms with van der Waals surface area (Å²) in [6.45, 7) is 3.11. The van der Waals surface area contributed by atoms with Crippen LogP contribution in [-0.2, 0) is 6.54 Å². The van der Waals surface area contributed by atoms with Crippen LogP contribution < -0.4 is 0 Å². The number of nitrogens with zero attached hydrogens (tertiary/aromatic N) is 2. The van der Waals surface area contributed by atoms with E-state index in [-0.39, 0.29) is 0 Å². The average molecular weight is 300 g/mol. The lowest BCUT2D eigenvalue weighted by atomic mass is 9.94. The quantitative estimate of drug-likeness (QED) is 0.799. The van der Waals surface area contributed by atoms with Crippen molar-refractivity contribution in [2.24, 2.45) is 0 Å². The standard InChI is InChI=1S/C18H24N2S/c1-14-7-6-8-15(11-14)18-19-16(13-21-18)12-20(2)17-9-4-3-5-10-17/h6-8,11,13,17H,3-5,9-10,12H2,1-2H3. The van der Waals surface area contributed by atoms with Gasteiger partial charge in [-0.15, -0.1) is 11.3 Å². The molecule has 0 bridgehead atoms. The summed E-state index contributed by atoms with van der Waals surface area (Å²) < 4.78 is 0. The fraction of sp³-hybridized carbons (Fsp3) is 0.500. The van der Waals surface area contributed by atoms with Crippen LogP contribution in [0.5, 0.6) is 0 Å². The summed E-state index contributed by atoms with van der Waals surface area (Å²) in [4.78, 5) is 7.33. The molecule has 0 aliphatic heterocycles. The Morgan fingerprint density at radius 1 is 1.24 bits per heavy atom. The van der Waals surface area contributed by atoms with Crippen LogP contribution in [-0.4, -0.2) is 23.0 Å². The highest BCUT2D eigenvalue weighted by Gasteiger charge is 2.18. The topological polar surface area (TPSA) is 16.1 Å². The maximum Gasteiger partial charge on any atom is 0.123 e. The zero-order valence-corrected chi connectivity index (χ0v) is 13.8. The van der Waals surface area contributed by atoms with Gasteiger partial charge in [0.05, 0.1) is 5.69 Å². The maximum absolute atomic E-state index is 4.83. The van der Waals surface area contributed by atoms with Gasteiger partial charge in [0.2, 0.25) is 0 Å². The van der Waals surface area contributed by atoms with Crippen LogP contribution >= 0.6 is 11.3 Å². The minimum atomic E-state index is 0.753. The number of hydrogen-bond acceptors (Lipinski definition) is 3. The largest absolute Gasteiger partial charge is 0.298 e. The van der Waals surface area contributed by atoms with E-state index in [1.165, 1.54) is 48.9 Å². The number of hydrogen-bond donors (Lipinski definition) is 0. The molecule has 1 aromatic heterocycles. The summed E-state index contributed by atoms with van der Waals surface area (Å²) in [5.41, 5.74) is 3.75. The Morgan fingerprint density at radius 2 is 2.05 bits per heavy atom. The van der Waals surface area contributed by atoms with Gasteiger partial charge in [0, 0.05) is 23.5 Å². The minimum absolute atomic E-state index is 0.753. The molecule has 0 unspecified atom stereocenters. The monoisotopic (exact) mass is 300 g/mol. The zero-order chi connectivity index (χ0) is 14.7. The van der Waals surface area contributed by atoms with Crippen molar-refractivity contribution in [2.75, 3.05) is 7.05 Å². The molecule has 3 heteroatoms. The fourth-order valence-corrected chi connectivity index (χ4v) is 4.00. The zero-order valence-electron chi connectivity index (χ0n) is 13.0. The van der Waals surface area contributed by atoms with Crippen molar-refractivity contribution in [3.05, 3.63) is 40.9 Å². The average Bonchev–Trinajstić information content (AvgIpc) is 2.97. The first-order valence-corrected chi connectivity index (χ1v) is 8.82. The molecule has 112 valence electrons. The molecule has 3 rings (SSSR count). The van der Waals surface area contributed by atoms with E-state index in [0.29, 0.717) is 0 Å². The smallest absolute Gasteiger partial charge is 0.123 e. The summed E-state index contributed by atoms with van der Waals surface area (Å²) >= 11 is 1.76. The lowest BCUT2D eigenvalue weighted by molar-refractivity contribution is 0.183. The van der Waals surface area contributed by atoms with Crippen molar-refractivity contribution in [2.45, 2.75) is 51.6 Å². The highest BCUT2D eigenvalue weighted by molar-refractivity contribution is 7.13. The van der Waals surface area contributed by atoms with E-state index in [2.05, 4.69) is 48.5 Å². The van der Waals surface area contributed by atoms with Gasteiger partial charge in [0.15, 0.2) is 0 Å². The van der Waals surface area contributed by atoms with Gasteiger partial charge < -0.3 is 0 Å². The Hall–Kier alpha value is -1.19. The molecule has 0 N–H and O–H groups in total. The molecule has 1 fully saturated rings. The second kappa shape index (κ2) is 6.71. The SMILES string of the molecule is Cc1cccc(-c2nc(CN(C)C3CCCCC3)cs2)c1. The molecular weight excluding hydrogens is 276 g/mol. The number of rotatable bonds is 4. The molecule has 0 spiro atoms. The van der Waals surface area contributed by atoms with Crippen molar-refractivity contribution >= 4 is 11.3 Å². The molecule has 1 aliphatic rings. The van der Waals surface area contributed by atoms with Gasteiger partial charge in [-0.2, -0.15) is 0 Å². The molecule has 2 nitrogen and oxygen atoms in total. The van der Waals surface area contributed by atoms with E-state index >= 15 is 0 Å². The van der Waals surface area contributed by atoms with E-state index in [4.69, 9.17) is 4.98 Å². The molecule has 1 aromatic carbocycles. The Kier molecular flexibility index (Phi) is 4.71. The Morgan fingerprint density at radius 3 is 2.81 bits per heavy atom. The summed E-state index contributed by atoms with van der Waals surface area (Å²) in [6, 6.07) is 9.37. The molecular formula is C18H24N2S. The van der Waals surface area contributed by atoms with Gasteiger partial charge in [-0.25, -0.2) is 4.98 Å². The molecule has 0 saturated heterocycles. The van der Waals surface area contributed by atoms with Crippen LogP contribution in [0.1, 0.15) is 43.4 Å². The Bertz CT molecular complexity index is 584. The first kappa shape index (κ1) is 14.7. The van der Waals surface area contributed by atoms with E-state index < -0.39 is 0 Å². The Balaban J connectivity index is 1.67. The predicted octanol–water partition coefficient (Wildman–Crippen LogP) is 4.88. The van der Waals surface area contributed by atoms with E-state index in [1.54, 1.807) is 11.3 Å². The van der Waals surface area contributed by atoms with Crippen LogP contribution in [0.2, 0.25) is 0 Å². The summed E-state index contributed by atoms with van der Waals surface area (Å²) in [5.74, 6) is 0. The van der Waals surface area contributed by atoms with E-state index in [1.807, 2.05) is 0 Å². The van der Waals surface area contributed by atoms with Crippen molar-refractivity contribution in [1.29, 1.82) is 0 Å². The van der Waals surface area contributed by atoms with Gasteiger partial charge >= 0.3 is 0 Å². The van der Waals surface area contributed by atoms with Gasteiger partial charge in [-0.1, -0.05) is 43.0 Å². The first-order chi connectivity index (χ1) is 10.2. The van der Waals surface area contributed by atoms with Crippen LogP contribution in [0.25, 0.3) is 10.6 Å². The van der Waals surface area contributed by atoms with Gasteiger partial charge in [-0.05, 0) is 32.9 Å². The second-order valence-corrected chi connectivity index (χ2v) is 7.08. The van der Waals surface area contributed by atoms with Gasteiger partial charge in [0.25, 0.3) is 0 Å². The predicted molar refractivity (Wildman–Crippen MR) is 90.6 cm³/mol. The van der Waals surface area contributed by atoms with Crippen molar-refractivity contribution < 1.29 is 0 Å². The number of thiazole rings is 1. The highest BCUT2D eigenvalue weighted by Crippen LogP contribution is 2.26. The van der Waals surface area contributed by atoms with Crippen molar-refractivity contribution in [3.63, 3.8) is 0 Å². The maximum atomic E-state index is 4.83. The fourth-order valence-electron chi connectivity index (χ4n) is 3.20. The summed E-state index contributed by atoms with van der Waals surface area (Å²) in [6.07, 6.45) is 6.90. The lowest BCUT2D eigenvalue weighted by Gasteiger charge is -2.30. The number of benzene rings is 1. The Labute approximate surface area is 131 Å². The first-order valence-electron chi connectivity index (χ1n) is 7.94. The van der Waals surface area contributed by atoms with Crippen molar-refractivity contribution in [1.82, 2.24) is 9.88 Å². The lowest BCUT2D eigenvalue weighted by Crippen LogP contribution is -2.32. The molecule has 0 radical (unpaired) electrons. The third-order valence-corrected chi connectivity index (χ3v) is 5.37. The van der Waals surface area contributed by atoms with E-state index in [9.17, 15) is 0 Å². The number of aryl methyl sites for hydroxylation is 1. The molecule has 0 amide bonds. The van der Waals surface area contributed by atoms with Crippen LogP contribution in [0, 0.1) is 6.92 Å². The molecule has 0 atom stereocenters. The molecule has 1 heterocycles. The number of aromatic nitrogens is 1. The molecule has 1 saturated carbocycles. The molecule has 21 heavy (non-hydrogen) atoms. The van der Waals surface area contributed by atoms with Crippen LogP contribution in [0.3, 0.4) is 0 Å². The normalized spacial score (nSPS) is 16.5. The van der Waals surface area contributed by atoms with Gasteiger partial charge in [-0.3, -0.25) is 4.90 Å². The molecule has 1 aliphatic carbocycles. The molecule has 2 aromatic rings. The third kappa shape index (κ3) is 3.72. The van der Waals surface area contributed by atoms with Crippen LogP contribution in [0.4, 0.5) is 0 Å².